The molecule has 2 fully saturated rings. The van der Waals surface area contributed by atoms with E-state index in [1.54, 1.807) is 0 Å². The van der Waals surface area contributed by atoms with Gasteiger partial charge in [-0.2, -0.15) is 0 Å². The summed E-state index contributed by atoms with van der Waals surface area (Å²) in [5.74, 6) is 0.942. The fourth-order valence-electron chi connectivity index (χ4n) is 2.49. The van der Waals surface area contributed by atoms with E-state index in [1.165, 1.54) is 43.5 Å². The van der Waals surface area contributed by atoms with E-state index in [0.29, 0.717) is 0 Å². The van der Waals surface area contributed by atoms with Crippen LogP contribution in [0.2, 0.25) is 0 Å². The van der Waals surface area contributed by atoms with Crippen molar-refractivity contribution in [3.05, 3.63) is 28.2 Å². The van der Waals surface area contributed by atoms with Crippen molar-refractivity contribution in [1.29, 1.82) is 0 Å². The summed E-state index contributed by atoms with van der Waals surface area (Å²) in [6, 6.07) is 7.54. The van der Waals surface area contributed by atoms with Crippen LogP contribution in [0.4, 0.5) is 5.69 Å². The van der Waals surface area contributed by atoms with Gasteiger partial charge in [-0.05, 0) is 56.2 Å². The van der Waals surface area contributed by atoms with Gasteiger partial charge in [0.15, 0.2) is 0 Å². The second-order valence-corrected chi connectivity index (χ2v) is 6.68. The van der Waals surface area contributed by atoms with Crippen molar-refractivity contribution in [3.8, 4) is 0 Å². The summed E-state index contributed by atoms with van der Waals surface area (Å²) in [6.07, 6.45) is 5.56. The van der Waals surface area contributed by atoms with Gasteiger partial charge in [-0.15, -0.1) is 0 Å². The summed E-state index contributed by atoms with van der Waals surface area (Å²) in [4.78, 5) is 2.60. The SMILES string of the molecule is C[C@H](N)c1ccc(N(CC2CC2)C2CC2)cc1Br. The van der Waals surface area contributed by atoms with Crippen molar-refractivity contribution in [3.63, 3.8) is 0 Å². The number of halogens is 1. The van der Waals surface area contributed by atoms with Crippen LogP contribution in [0.5, 0.6) is 0 Å². The standard InChI is InChI=1S/C15H21BrN2/c1-10(17)14-7-6-13(8-15(14)16)18(12-4-5-12)9-11-2-3-11/h6-8,10-12H,2-5,9,17H2,1H3/t10-/m0/s1. The molecule has 3 rings (SSSR count). The van der Waals surface area contributed by atoms with Gasteiger partial charge in [0.25, 0.3) is 0 Å². The normalized spacial score (nSPS) is 20.8. The zero-order chi connectivity index (χ0) is 12.7. The number of hydrogen-bond acceptors (Lipinski definition) is 2. The van der Waals surface area contributed by atoms with Crippen molar-refractivity contribution in [2.24, 2.45) is 11.7 Å². The molecule has 0 heterocycles. The molecule has 2 saturated carbocycles. The van der Waals surface area contributed by atoms with Crippen molar-refractivity contribution in [1.82, 2.24) is 0 Å². The van der Waals surface area contributed by atoms with E-state index < -0.39 is 0 Å². The van der Waals surface area contributed by atoms with E-state index in [9.17, 15) is 0 Å². The first-order valence-electron chi connectivity index (χ1n) is 6.97. The van der Waals surface area contributed by atoms with Crippen LogP contribution in [-0.2, 0) is 0 Å². The predicted octanol–water partition coefficient (Wildman–Crippen LogP) is 3.85. The van der Waals surface area contributed by atoms with Crippen molar-refractivity contribution in [2.45, 2.75) is 44.7 Å². The maximum Gasteiger partial charge on any atom is 0.0380 e. The van der Waals surface area contributed by atoms with Gasteiger partial charge in [0.05, 0.1) is 0 Å². The molecule has 1 aromatic rings. The summed E-state index contributed by atoms with van der Waals surface area (Å²) >= 11 is 3.66. The smallest absolute Gasteiger partial charge is 0.0380 e. The van der Waals surface area contributed by atoms with E-state index in [1.807, 2.05) is 6.92 Å². The Morgan fingerprint density at radius 2 is 2.06 bits per heavy atom. The average molecular weight is 309 g/mol. The molecule has 0 bridgehead atoms. The molecular weight excluding hydrogens is 288 g/mol. The van der Waals surface area contributed by atoms with Crippen LogP contribution in [0.25, 0.3) is 0 Å². The first-order chi connectivity index (χ1) is 8.65. The minimum atomic E-state index is 0.0891. The van der Waals surface area contributed by atoms with Gasteiger partial charge in [-0.3, -0.25) is 0 Å². The third-order valence-corrected chi connectivity index (χ3v) is 4.63. The molecule has 0 radical (unpaired) electrons. The van der Waals surface area contributed by atoms with Crippen LogP contribution >= 0.6 is 15.9 Å². The highest BCUT2D eigenvalue weighted by Crippen LogP contribution is 2.39. The monoisotopic (exact) mass is 308 g/mol. The van der Waals surface area contributed by atoms with Gasteiger partial charge < -0.3 is 10.6 Å². The summed E-state index contributed by atoms with van der Waals surface area (Å²) in [5.41, 5.74) is 8.52. The number of nitrogens with zero attached hydrogens (tertiary/aromatic N) is 1. The van der Waals surface area contributed by atoms with Crippen molar-refractivity contribution in [2.75, 3.05) is 11.4 Å². The topological polar surface area (TPSA) is 29.3 Å². The lowest BCUT2D eigenvalue weighted by Crippen LogP contribution is -2.28. The molecule has 0 aliphatic heterocycles. The molecule has 0 unspecified atom stereocenters. The number of rotatable bonds is 5. The quantitative estimate of drug-likeness (QED) is 0.895. The molecule has 2 nitrogen and oxygen atoms in total. The van der Waals surface area contributed by atoms with E-state index in [0.717, 1.165) is 16.4 Å². The van der Waals surface area contributed by atoms with Crippen LogP contribution in [0.15, 0.2) is 22.7 Å². The Hall–Kier alpha value is -0.540. The Morgan fingerprint density at radius 1 is 1.33 bits per heavy atom. The Balaban J connectivity index is 1.82. The van der Waals surface area contributed by atoms with Gasteiger partial charge in [0.2, 0.25) is 0 Å². The largest absolute Gasteiger partial charge is 0.368 e. The molecule has 98 valence electrons. The summed E-state index contributed by atoms with van der Waals surface area (Å²) in [5, 5.41) is 0. The lowest BCUT2D eigenvalue weighted by atomic mass is 10.1. The molecule has 3 heteroatoms. The van der Waals surface area contributed by atoms with Crippen LogP contribution in [0.1, 0.15) is 44.2 Å². The first-order valence-corrected chi connectivity index (χ1v) is 7.76. The summed E-state index contributed by atoms with van der Waals surface area (Å²) in [6.45, 7) is 3.28. The fraction of sp³-hybridized carbons (Fsp3) is 0.600. The highest BCUT2D eigenvalue weighted by atomic mass is 79.9. The third kappa shape index (κ3) is 2.72. The number of nitrogens with two attached hydrogens (primary N) is 1. The molecule has 1 aromatic carbocycles. The lowest BCUT2D eigenvalue weighted by molar-refractivity contribution is 0.717. The minimum absolute atomic E-state index is 0.0891. The molecule has 0 aromatic heterocycles. The van der Waals surface area contributed by atoms with Crippen LogP contribution in [-0.4, -0.2) is 12.6 Å². The molecule has 2 aliphatic carbocycles. The van der Waals surface area contributed by atoms with Gasteiger partial charge >= 0.3 is 0 Å². The Morgan fingerprint density at radius 3 is 2.56 bits per heavy atom. The maximum absolute atomic E-state index is 5.96. The van der Waals surface area contributed by atoms with Crippen LogP contribution < -0.4 is 10.6 Å². The highest BCUT2D eigenvalue weighted by Gasteiger charge is 2.33. The highest BCUT2D eigenvalue weighted by molar-refractivity contribution is 9.10. The van der Waals surface area contributed by atoms with E-state index in [4.69, 9.17) is 5.73 Å². The van der Waals surface area contributed by atoms with Crippen molar-refractivity contribution >= 4 is 21.6 Å². The van der Waals surface area contributed by atoms with E-state index in [-0.39, 0.29) is 6.04 Å². The molecule has 18 heavy (non-hydrogen) atoms. The second-order valence-electron chi connectivity index (χ2n) is 5.82. The number of hydrogen-bond donors (Lipinski definition) is 1. The zero-order valence-electron chi connectivity index (χ0n) is 10.9. The van der Waals surface area contributed by atoms with Crippen LogP contribution in [0.3, 0.4) is 0 Å². The molecule has 0 spiro atoms. The summed E-state index contributed by atoms with van der Waals surface area (Å²) < 4.78 is 1.15. The number of benzene rings is 1. The van der Waals surface area contributed by atoms with E-state index >= 15 is 0 Å². The number of anilines is 1. The molecule has 2 N–H and O–H groups in total. The van der Waals surface area contributed by atoms with Crippen LogP contribution in [0, 0.1) is 5.92 Å². The molecule has 0 amide bonds. The molecular formula is C15H21BrN2. The van der Waals surface area contributed by atoms with Gasteiger partial charge in [0.1, 0.15) is 0 Å². The van der Waals surface area contributed by atoms with Crippen molar-refractivity contribution < 1.29 is 0 Å². The maximum atomic E-state index is 5.96. The molecule has 0 saturated heterocycles. The fourth-order valence-corrected chi connectivity index (χ4v) is 3.22. The second kappa shape index (κ2) is 4.86. The minimum Gasteiger partial charge on any atom is -0.368 e. The molecule has 1 atom stereocenters. The Kier molecular flexibility index (Phi) is 3.37. The Labute approximate surface area is 118 Å². The molecule has 2 aliphatic rings. The predicted molar refractivity (Wildman–Crippen MR) is 79.8 cm³/mol. The zero-order valence-corrected chi connectivity index (χ0v) is 12.5. The lowest BCUT2D eigenvalue weighted by Gasteiger charge is -2.25. The Bertz CT molecular complexity index is 436. The van der Waals surface area contributed by atoms with E-state index in [2.05, 4.69) is 39.0 Å². The van der Waals surface area contributed by atoms with Gasteiger partial charge in [-0.25, -0.2) is 0 Å². The van der Waals surface area contributed by atoms with Gasteiger partial charge in [0, 0.05) is 28.8 Å². The third-order valence-electron chi connectivity index (χ3n) is 3.95. The van der Waals surface area contributed by atoms with Gasteiger partial charge in [-0.1, -0.05) is 22.0 Å². The first kappa shape index (κ1) is 12.5. The summed E-state index contributed by atoms with van der Waals surface area (Å²) in [7, 11) is 0. The average Bonchev–Trinajstić information content (AvgIpc) is 3.18.